The van der Waals surface area contributed by atoms with Gasteiger partial charge in [0.25, 0.3) is 5.69 Å². The second-order valence-corrected chi connectivity index (χ2v) is 5.41. The number of halogens is 2. The molecular formula is C15H10Cl2N4O4. The van der Waals surface area contributed by atoms with Crippen molar-refractivity contribution < 1.29 is 14.5 Å². The van der Waals surface area contributed by atoms with Gasteiger partial charge in [0.15, 0.2) is 0 Å². The van der Waals surface area contributed by atoms with Crippen LogP contribution in [0.15, 0.2) is 47.6 Å². The number of nitrogens with one attached hydrogen (secondary N) is 2. The average molecular weight is 381 g/mol. The van der Waals surface area contributed by atoms with Crippen LogP contribution in [0, 0.1) is 10.1 Å². The van der Waals surface area contributed by atoms with E-state index in [1.165, 1.54) is 24.3 Å². The van der Waals surface area contributed by atoms with E-state index in [1.807, 2.05) is 5.43 Å². The van der Waals surface area contributed by atoms with Gasteiger partial charge in [-0.1, -0.05) is 35.3 Å². The summed E-state index contributed by atoms with van der Waals surface area (Å²) < 4.78 is 0. The number of nitro benzene ring substituents is 1. The molecule has 0 aromatic heterocycles. The van der Waals surface area contributed by atoms with Crippen LogP contribution in [0.1, 0.15) is 5.56 Å². The zero-order valence-electron chi connectivity index (χ0n) is 12.4. The monoisotopic (exact) mass is 380 g/mol. The zero-order valence-corrected chi connectivity index (χ0v) is 13.9. The summed E-state index contributed by atoms with van der Waals surface area (Å²) in [5.41, 5.74) is 2.29. The minimum atomic E-state index is -1.04. The van der Waals surface area contributed by atoms with E-state index in [4.69, 9.17) is 23.2 Å². The molecule has 0 spiro atoms. The molecule has 128 valence electrons. The molecule has 0 saturated carbocycles. The Morgan fingerprint density at radius 1 is 1.08 bits per heavy atom. The van der Waals surface area contributed by atoms with Gasteiger partial charge in [-0.25, -0.2) is 5.43 Å². The molecule has 2 amide bonds. The Balaban J connectivity index is 2.01. The quantitative estimate of drug-likeness (QED) is 0.367. The van der Waals surface area contributed by atoms with Crippen LogP contribution >= 0.6 is 23.2 Å². The van der Waals surface area contributed by atoms with Crippen molar-refractivity contribution in [2.75, 3.05) is 5.32 Å². The van der Waals surface area contributed by atoms with E-state index in [9.17, 15) is 19.7 Å². The number of anilines is 1. The molecule has 0 bridgehead atoms. The van der Waals surface area contributed by atoms with Crippen LogP contribution in [-0.4, -0.2) is 23.0 Å². The fourth-order valence-corrected chi connectivity index (χ4v) is 2.05. The summed E-state index contributed by atoms with van der Waals surface area (Å²) >= 11 is 11.8. The Bertz CT molecular complexity index is 870. The number of rotatable bonds is 4. The molecule has 0 atom stereocenters. The highest BCUT2D eigenvalue weighted by Gasteiger charge is 2.14. The Labute approximate surface area is 151 Å². The minimum absolute atomic E-state index is 0.186. The number of amides is 2. The summed E-state index contributed by atoms with van der Waals surface area (Å²) in [6.45, 7) is 0. The van der Waals surface area contributed by atoms with E-state index in [1.54, 1.807) is 18.2 Å². The molecule has 25 heavy (non-hydrogen) atoms. The lowest BCUT2D eigenvalue weighted by molar-refractivity contribution is -0.384. The van der Waals surface area contributed by atoms with Gasteiger partial charge in [-0.15, -0.1) is 0 Å². The van der Waals surface area contributed by atoms with Crippen LogP contribution < -0.4 is 10.7 Å². The van der Waals surface area contributed by atoms with Crippen molar-refractivity contribution in [1.29, 1.82) is 0 Å². The van der Waals surface area contributed by atoms with Gasteiger partial charge in [0.1, 0.15) is 0 Å². The lowest BCUT2D eigenvalue weighted by atomic mass is 10.2. The number of carbonyl (C=O) groups excluding carboxylic acids is 2. The highest BCUT2D eigenvalue weighted by molar-refractivity contribution is 6.41. The molecule has 0 aliphatic carbocycles. The van der Waals surface area contributed by atoms with E-state index in [2.05, 4.69) is 10.4 Å². The molecule has 2 rings (SSSR count). The first-order chi connectivity index (χ1) is 11.9. The van der Waals surface area contributed by atoms with Crippen molar-refractivity contribution >= 4 is 52.6 Å². The van der Waals surface area contributed by atoms with E-state index >= 15 is 0 Å². The highest BCUT2D eigenvalue weighted by atomic mass is 35.5. The van der Waals surface area contributed by atoms with Crippen LogP contribution in [0.2, 0.25) is 10.0 Å². The zero-order chi connectivity index (χ0) is 18.4. The molecule has 8 nitrogen and oxygen atoms in total. The van der Waals surface area contributed by atoms with E-state index in [-0.39, 0.29) is 27.0 Å². The smallest absolute Gasteiger partial charge is 0.316 e. The Morgan fingerprint density at radius 3 is 2.48 bits per heavy atom. The van der Waals surface area contributed by atoms with Gasteiger partial charge in [0.2, 0.25) is 0 Å². The van der Waals surface area contributed by atoms with Crippen molar-refractivity contribution in [2.24, 2.45) is 5.10 Å². The lowest BCUT2D eigenvalue weighted by Crippen LogP contribution is -2.32. The van der Waals surface area contributed by atoms with Gasteiger partial charge in [-0.3, -0.25) is 19.7 Å². The first-order valence-electron chi connectivity index (χ1n) is 6.71. The molecule has 0 saturated heterocycles. The van der Waals surface area contributed by atoms with Gasteiger partial charge in [0.05, 0.1) is 21.8 Å². The SMILES string of the molecule is O=C(N/N=C\c1cc([N+](=O)[O-])ccc1Cl)C(=O)Nc1ccccc1Cl. The molecule has 10 heteroatoms. The first-order valence-corrected chi connectivity index (χ1v) is 7.47. The molecule has 0 aliphatic heterocycles. The van der Waals surface area contributed by atoms with Crippen molar-refractivity contribution in [2.45, 2.75) is 0 Å². The molecule has 0 unspecified atom stereocenters. The van der Waals surface area contributed by atoms with Gasteiger partial charge in [-0.2, -0.15) is 5.10 Å². The Hall–Kier alpha value is -2.97. The number of nitro groups is 1. The van der Waals surface area contributed by atoms with Crippen molar-refractivity contribution in [1.82, 2.24) is 5.43 Å². The van der Waals surface area contributed by atoms with Gasteiger partial charge < -0.3 is 5.32 Å². The topological polar surface area (TPSA) is 114 Å². The molecule has 2 N–H and O–H groups in total. The number of nitrogens with zero attached hydrogens (tertiary/aromatic N) is 2. The molecular weight excluding hydrogens is 371 g/mol. The van der Waals surface area contributed by atoms with Crippen LogP contribution in [0.5, 0.6) is 0 Å². The molecule has 0 fully saturated rings. The second-order valence-electron chi connectivity index (χ2n) is 4.60. The third-order valence-electron chi connectivity index (χ3n) is 2.89. The van der Waals surface area contributed by atoms with E-state index in [0.29, 0.717) is 0 Å². The fourth-order valence-electron chi connectivity index (χ4n) is 1.70. The maximum absolute atomic E-state index is 11.7. The first kappa shape index (κ1) is 18.4. The molecule has 2 aromatic rings. The number of hydrogen-bond acceptors (Lipinski definition) is 5. The van der Waals surface area contributed by atoms with Crippen molar-refractivity contribution in [3.63, 3.8) is 0 Å². The predicted molar refractivity (Wildman–Crippen MR) is 93.9 cm³/mol. The molecule has 0 radical (unpaired) electrons. The Morgan fingerprint density at radius 2 is 1.80 bits per heavy atom. The summed E-state index contributed by atoms with van der Waals surface area (Å²) in [6.07, 6.45) is 1.09. The number of benzene rings is 2. The fraction of sp³-hybridized carbons (Fsp3) is 0. The number of carbonyl (C=O) groups is 2. The largest absolute Gasteiger partial charge is 0.329 e. The normalized spacial score (nSPS) is 10.5. The van der Waals surface area contributed by atoms with Crippen LogP contribution in [0.4, 0.5) is 11.4 Å². The summed E-state index contributed by atoms with van der Waals surface area (Å²) in [5, 5.41) is 17.1. The lowest BCUT2D eigenvalue weighted by Gasteiger charge is -2.05. The number of para-hydroxylation sites is 1. The number of hydrazone groups is 1. The summed E-state index contributed by atoms with van der Waals surface area (Å²) in [7, 11) is 0. The Kier molecular flexibility index (Phi) is 6.04. The van der Waals surface area contributed by atoms with Gasteiger partial charge in [-0.05, 0) is 18.2 Å². The van der Waals surface area contributed by atoms with Crippen LogP contribution in [0.3, 0.4) is 0 Å². The number of hydrogen-bond donors (Lipinski definition) is 2. The minimum Gasteiger partial charge on any atom is -0.316 e. The van der Waals surface area contributed by atoms with Crippen molar-refractivity contribution in [3.05, 3.63) is 68.2 Å². The maximum atomic E-state index is 11.7. The molecule has 0 aliphatic rings. The summed E-state index contributed by atoms with van der Waals surface area (Å²) in [5.74, 6) is -2.02. The standard InChI is InChI=1S/C15H10Cl2N4O4/c16-11-6-5-10(21(24)25)7-9(11)8-18-20-15(23)14(22)19-13-4-2-1-3-12(13)17/h1-8H,(H,19,22)(H,20,23)/b18-8-. The third-order valence-corrected chi connectivity index (χ3v) is 3.56. The summed E-state index contributed by atoms with van der Waals surface area (Å²) in [4.78, 5) is 33.6. The summed E-state index contributed by atoms with van der Waals surface area (Å²) in [6, 6.07) is 10.1. The van der Waals surface area contributed by atoms with Crippen molar-refractivity contribution in [3.8, 4) is 0 Å². The molecule has 0 heterocycles. The van der Waals surface area contributed by atoms with Crippen LogP contribution in [-0.2, 0) is 9.59 Å². The van der Waals surface area contributed by atoms with E-state index < -0.39 is 16.7 Å². The third kappa shape index (κ3) is 5.00. The van der Waals surface area contributed by atoms with Crippen LogP contribution in [0.25, 0.3) is 0 Å². The highest BCUT2D eigenvalue weighted by Crippen LogP contribution is 2.21. The second kappa shape index (κ2) is 8.22. The number of non-ortho nitro benzene ring substituents is 1. The van der Waals surface area contributed by atoms with Gasteiger partial charge in [0, 0.05) is 22.7 Å². The van der Waals surface area contributed by atoms with Gasteiger partial charge >= 0.3 is 11.8 Å². The predicted octanol–water partition coefficient (Wildman–Crippen LogP) is 2.99. The molecule has 2 aromatic carbocycles. The maximum Gasteiger partial charge on any atom is 0.329 e. The van der Waals surface area contributed by atoms with E-state index in [0.717, 1.165) is 6.21 Å². The average Bonchev–Trinajstić information content (AvgIpc) is 2.58.